The van der Waals surface area contributed by atoms with Gasteiger partial charge in [0.25, 0.3) is 0 Å². The Bertz CT molecular complexity index is 1220. The zero-order valence-electron chi connectivity index (χ0n) is 25.3. The largest absolute Gasteiger partial charge is 0.454 e. The van der Waals surface area contributed by atoms with Gasteiger partial charge < -0.3 is 4.74 Å². The monoisotopic (exact) mass is 579 g/mol. The third-order valence-corrected chi connectivity index (χ3v) is 13.8. The smallest absolute Gasteiger partial charge is 0.374 e. The van der Waals surface area contributed by atoms with Crippen LogP contribution in [0.3, 0.4) is 0 Å². The van der Waals surface area contributed by atoms with Crippen LogP contribution in [-0.4, -0.2) is 16.4 Å². The van der Waals surface area contributed by atoms with E-state index in [9.17, 15) is 4.79 Å². The highest BCUT2D eigenvalue weighted by Gasteiger charge is 2.59. The Morgan fingerprint density at radius 2 is 1.90 bits per heavy atom. The predicted octanol–water partition coefficient (Wildman–Crippen LogP) is 10.9. The second kappa shape index (κ2) is 11.4. The highest BCUT2D eigenvalue weighted by molar-refractivity contribution is 8.14. The molecule has 8 atom stereocenters. The molecule has 1 aromatic carbocycles. The van der Waals surface area contributed by atoms with Crippen molar-refractivity contribution in [3.63, 3.8) is 0 Å². The Hall–Kier alpha value is -1.33. The summed E-state index contributed by atoms with van der Waals surface area (Å²) in [6.45, 7) is 12.6. The predicted molar refractivity (Wildman–Crippen MR) is 169 cm³/mol. The molecule has 0 saturated heterocycles. The van der Waals surface area contributed by atoms with Crippen molar-refractivity contribution in [2.75, 3.05) is 0 Å². The Labute approximate surface area is 250 Å². The molecule has 40 heavy (non-hydrogen) atoms. The topological polar surface area (TPSA) is 39.2 Å². The molecule has 1 aromatic heterocycles. The van der Waals surface area contributed by atoms with Crippen molar-refractivity contribution in [1.29, 1.82) is 0 Å². The molecule has 4 aliphatic carbocycles. The van der Waals surface area contributed by atoms with E-state index in [1.807, 2.05) is 18.2 Å². The minimum Gasteiger partial charge on any atom is -0.454 e. The number of allylic oxidation sites excluding steroid dienone is 1. The molecule has 0 amide bonds. The summed E-state index contributed by atoms with van der Waals surface area (Å²) in [4.78, 5) is 17.5. The molecule has 4 aliphatic rings. The summed E-state index contributed by atoms with van der Waals surface area (Å²) >= 11 is 2.73. The lowest BCUT2D eigenvalue weighted by Crippen LogP contribution is -2.51. The van der Waals surface area contributed by atoms with Gasteiger partial charge in [-0.1, -0.05) is 77.7 Å². The summed E-state index contributed by atoms with van der Waals surface area (Å²) in [6.07, 6.45) is 16.8. The van der Waals surface area contributed by atoms with E-state index in [2.05, 4.69) is 51.7 Å². The molecular formula is C35H49NO2S2. The van der Waals surface area contributed by atoms with Crippen molar-refractivity contribution in [2.24, 2.45) is 46.3 Å². The van der Waals surface area contributed by atoms with Crippen LogP contribution in [0.2, 0.25) is 0 Å². The van der Waals surface area contributed by atoms with Gasteiger partial charge in [-0.05, 0) is 103 Å². The number of carbonyl (C=O) groups excluding carboxylic acids is 1. The average Bonchev–Trinajstić information content (AvgIpc) is 3.48. The van der Waals surface area contributed by atoms with Gasteiger partial charge in [-0.3, -0.25) is 0 Å². The van der Waals surface area contributed by atoms with Gasteiger partial charge in [0.1, 0.15) is 6.10 Å². The highest BCUT2D eigenvalue weighted by atomic mass is 32.2. The highest BCUT2D eigenvalue weighted by Crippen LogP contribution is 2.67. The van der Waals surface area contributed by atoms with E-state index in [1.165, 1.54) is 51.4 Å². The summed E-state index contributed by atoms with van der Waals surface area (Å²) in [5, 5.41) is -0.199. The first kappa shape index (κ1) is 28.8. The van der Waals surface area contributed by atoms with E-state index in [0.29, 0.717) is 5.41 Å². The Kier molecular flexibility index (Phi) is 8.20. The number of thioether (sulfide) groups is 1. The lowest BCUT2D eigenvalue weighted by Gasteiger charge is -2.58. The number of thiazole rings is 1. The maximum absolute atomic E-state index is 12.9. The Balaban J connectivity index is 1.09. The molecule has 1 heterocycles. The van der Waals surface area contributed by atoms with Crippen LogP contribution in [0.5, 0.6) is 0 Å². The zero-order chi connectivity index (χ0) is 28.1. The fourth-order valence-corrected chi connectivity index (χ4v) is 11.7. The molecule has 0 spiro atoms. The van der Waals surface area contributed by atoms with Crippen molar-refractivity contribution < 1.29 is 9.53 Å². The normalized spacial score (nSPS) is 36.0. The first-order chi connectivity index (χ1) is 19.2. The maximum atomic E-state index is 12.9. The van der Waals surface area contributed by atoms with Gasteiger partial charge in [0.15, 0.2) is 4.34 Å². The van der Waals surface area contributed by atoms with Gasteiger partial charge in [0.05, 0.1) is 10.2 Å². The van der Waals surface area contributed by atoms with E-state index in [-0.39, 0.29) is 16.8 Å². The summed E-state index contributed by atoms with van der Waals surface area (Å²) < 4.78 is 7.94. The second-order valence-electron chi connectivity index (χ2n) is 14.6. The van der Waals surface area contributed by atoms with Crippen molar-refractivity contribution in [3.8, 4) is 0 Å². The third kappa shape index (κ3) is 5.32. The van der Waals surface area contributed by atoms with Crippen molar-refractivity contribution in [1.82, 2.24) is 4.98 Å². The molecule has 0 N–H and O–H groups in total. The Morgan fingerprint density at radius 3 is 2.70 bits per heavy atom. The van der Waals surface area contributed by atoms with Gasteiger partial charge in [-0.15, -0.1) is 11.3 Å². The number of aromatic nitrogens is 1. The molecule has 0 bridgehead atoms. The summed E-state index contributed by atoms with van der Waals surface area (Å²) in [6, 6.07) is 8.06. The van der Waals surface area contributed by atoms with Crippen LogP contribution in [0, 0.1) is 46.3 Å². The summed E-state index contributed by atoms with van der Waals surface area (Å²) in [5.41, 5.74) is 3.36. The van der Waals surface area contributed by atoms with Crippen LogP contribution in [0.25, 0.3) is 10.2 Å². The SMILES string of the molecule is CC(C)CCC[C@@H](C)[C@H]1CC[C@H]2[C@@H]3CC=C4C[C@@H](OC(=O)Sc5nc6ccccc6s5)CC[C@]4(C)[C@H]3CC[C@]12C. The standard InChI is InChI=1S/C35H49NO2S2/c1-22(2)9-8-10-23(3)27-15-16-28-26-14-13-24-21-25(17-19-34(24,4)29(26)18-20-35(27,28)5)38-33(37)40-32-36-30-11-6-7-12-31(30)39-32/h6-7,11-13,22-23,25-29H,8-10,14-21H2,1-5H3/t23-,25+,26+,27-,28+,29+,34+,35-/m1/s1. The van der Waals surface area contributed by atoms with E-state index >= 15 is 0 Å². The third-order valence-electron chi connectivity index (χ3n) is 12.0. The Morgan fingerprint density at radius 1 is 1.07 bits per heavy atom. The van der Waals surface area contributed by atoms with E-state index in [4.69, 9.17) is 4.74 Å². The van der Waals surface area contributed by atoms with E-state index in [0.717, 1.165) is 81.1 Å². The molecule has 3 fully saturated rings. The van der Waals surface area contributed by atoms with Gasteiger partial charge in [0.2, 0.25) is 0 Å². The maximum Gasteiger partial charge on any atom is 0.374 e. The number of carbonyl (C=O) groups is 1. The van der Waals surface area contributed by atoms with Crippen LogP contribution in [0.15, 0.2) is 40.3 Å². The van der Waals surface area contributed by atoms with Gasteiger partial charge in [0, 0.05) is 18.2 Å². The van der Waals surface area contributed by atoms with Gasteiger partial charge >= 0.3 is 5.30 Å². The van der Waals surface area contributed by atoms with Crippen molar-refractivity contribution in [3.05, 3.63) is 35.9 Å². The first-order valence-corrected chi connectivity index (χ1v) is 17.7. The van der Waals surface area contributed by atoms with Crippen LogP contribution in [0.4, 0.5) is 4.79 Å². The van der Waals surface area contributed by atoms with Crippen molar-refractivity contribution in [2.45, 2.75) is 116 Å². The fraction of sp³-hybridized carbons (Fsp3) is 0.714. The van der Waals surface area contributed by atoms with Crippen LogP contribution < -0.4 is 0 Å². The number of ether oxygens (including phenoxy) is 1. The van der Waals surface area contributed by atoms with E-state index < -0.39 is 0 Å². The first-order valence-electron chi connectivity index (χ1n) is 16.1. The van der Waals surface area contributed by atoms with E-state index in [1.54, 1.807) is 16.9 Å². The molecule has 5 heteroatoms. The van der Waals surface area contributed by atoms with Gasteiger partial charge in [-0.25, -0.2) is 9.78 Å². The zero-order valence-corrected chi connectivity index (χ0v) is 26.9. The number of rotatable bonds is 7. The van der Waals surface area contributed by atoms with Crippen LogP contribution >= 0.6 is 23.1 Å². The number of para-hydroxylation sites is 1. The lowest BCUT2D eigenvalue weighted by atomic mass is 9.47. The van der Waals surface area contributed by atoms with Crippen molar-refractivity contribution >= 4 is 38.6 Å². The van der Waals surface area contributed by atoms with Crippen LogP contribution in [-0.2, 0) is 4.74 Å². The molecule has 0 aliphatic heterocycles. The number of fused-ring (bicyclic) bond motifs is 6. The lowest BCUT2D eigenvalue weighted by molar-refractivity contribution is -0.0573. The second-order valence-corrected chi connectivity index (χ2v) is 16.8. The molecule has 3 nitrogen and oxygen atoms in total. The molecule has 2 aromatic rings. The average molecular weight is 580 g/mol. The molecule has 0 radical (unpaired) electrons. The number of nitrogens with zero attached hydrogens (tertiary/aromatic N) is 1. The minimum atomic E-state index is -0.199. The minimum absolute atomic E-state index is 0.00154. The summed E-state index contributed by atoms with van der Waals surface area (Å²) in [7, 11) is 0. The molecule has 218 valence electrons. The summed E-state index contributed by atoms with van der Waals surface area (Å²) in [5.74, 6) is 5.13. The number of hydrogen-bond donors (Lipinski definition) is 0. The van der Waals surface area contributed by atoms with Crippen LogP contribution in [0.1, 0.15) is 105 Å². The quantitative estimate of drug-likeness (QED) is 0.186. The number of hydrogen-bond acceptors (Lipinski definition) is 5. The van der Waals surface area contributed by atoms with Gasteiger partial charge in [-0.2, -0.15) is 0 Å². The molecule has 6 rings (SSSR count). The number of benzene rings is 1. The molecular weight excluding hydrogens is 531 g/mol. The molecule has 3 saturated carbocycles. The fourth-order valence-electron chi connectivity index (χ4n) is 9.88. The molecule has 0 unspecified atom stereocenters.